The summed E-state index contributed by atoms with van der Waals surface area (Å²) in [5, 5.41) is 9.29. The largest absolute Gasteiger partial charge is 0.337 e. The standard InChI is InChI=1S/C21H23BrN6OS/c1-14-10-15(2)12-27(11-14)20(29)19-18(13-30-21-23-8-3-9-24-21)28(26-25-19)17-6-4-16(22)5-7-17/h3-9,14-15H,10-13H2,1-2H3. The lowest BCUT2D eigenvalue weighted by Gasteiger charge is -2.34. The topological polar surface area (TPSA) is 76.8 Å². The molecule has 1 fully saturated rings. The third-order valence-corrected chi connectivity index (χ3v) is 6.49. The van der Waals surface area contributed by atoms with Crippen molar-refractivity contribution in [3.05, 3.63) is 58.6 Å². The molecule has 7 nitrogen and oxygen atoms in total. The summed E-state index contributed by atoms with van der Waals surface area (Å²) < 4.78 is 2.72. The number of amides is 1. The van der Waals surface area contributed by atoms with Gasteiger partial charge in [-0.15, -0.1) is 5.10 Å². The van der Waals surface area contributed by atoms with Gasteiger partial charge in [0, 0.05) is 35.7 Å². The number of nitrogens with zero attached hydrogens (tertiary/aromatic N) is 6. The Morgan fingerprint density at radius 2 is 1.80 bits per heavy atom. The smallest absolute Gasteiger partial charge is 0.276 e. The van der Waals surface area contributed by atoms with Crippen LogP contribution in [0, 0.1) is 11.8 Å². The van der Waals surface area contributed by atoms with Gasteiger partial charge in [-0.2, -0.15) is 0 Å². The van der Waals surface area contributed by atoms with E-state index in [9.17, 15) is 4.79 Å². The number of likely N-dealkylation sites (tertiary alicyclic amines) is 1. The van der Waals surface area contributed by atoms with Crippen molar-refractivity contribution in [3.8, 4) is 5.69 Å². The summed E-state index contributed by atoms with van der Waals surface area (Å²) in [4.78, 5) is 23.9. The Morgan fingerprint density at radius 3 is 2.47 bits per heavy atom. The third kappa shape index (κ3) is 4.73. The van der Waals surface area contributed by atoms with Gasteiger partial charge in [0.2, 0.25) is 0 Å². The predicted octanol–water partition coefficient (Wildman–Crippen LogP) is 4.23. The van der Waals surface area contributed by atoms with E-state index in [0.29, 0.717) is 28.4 Å². The number of aromatic nitrogens is 5. The van der Waals surface area contributed by atoms with Crippen LogP contribution in [-0.4, -0.2) is 48.9 Å². The van der Waals surface area contributed by atoms with E-state index in [1.807, 2.05) is 29.2 Å². The van der Waals surface area contributed by atoms with Gasteiger partial charge in [0.15, 0.2) is 10.9 Å². The molecule has 1 saturated heterocycles. The van der Waals surface area contributed by atoms with Crippen molar-refractivity contribution in [2.24, 2.45) is 11.8 Å². The molecule has 0 radical (unpaired) electrons. The fourth-order valence-electron chi connectivity index (χ4n) is 3.86. The molecule has 1 aromatic carbocycles. The Kier molecular flexibility index (Phi) is 6.48. The van der Waals surface area contributed by atoms with Crippen LogP contribution in [0.1, 0.15) is 36.5 Å². The summed E-state index contributed by atoms with van der Waals surface area (Å²) in [7, 11) is 0. The second-order valence-electron chi connectivity index (χ2n) is 7.75. The molecular weight excluding hydrogens is 464 g/mol. The number of carbonyl (C=O) groups excluding carboxylic acids is 1. The van der Waals surface area contributed by atoms with E-state index in [0.717, 1.165) is 35.4 Å². The highest BCUT2D eigenvalue weighted by Gasteiger charge is 2.30. The molecular formula is C21H23BrN6OS. The summed E-state index contributed by atoms with van der Waals surface area (Å²) >= 11 is 4.93. The SMILES string of the molecule is CC1CC(C)CN(C(=O)c2nnn(-c3ccc(Br)cc3)c2CSc2ncccn2)C1. The number of halogens is 1. The molecule has 2 aromatic heterocycles. The zero-order chi connectivity index (χ0) is 21.1. The van der Waals surface area contributed by atoms with Gasteiger partial charge in [0.25, 0.3) is 5.91 Å². The molecule has 0 N–H and O–H groups in total. The van der Waals surface area contributed by atoms with Crippen molar-refractivity contribution >= 4 is 33.6 Å². The monoisotopic (exact) mass is 486 g/mol. The van der Waals surface area contributed by atoms with Crippen LogP contribution in [0.4, 0.5) is 0 Å². The highest BCUT2D eigenvalue weighted by Crippen LogP contribution is 2.27. The van der Waals surface area contributed by atoms with E-state index in [2.05, 4.69) is 50.1 Å². The zero-order valence-electron chi connectivity index (χ0n) is 16.9. The van der Waals surface area contributed by atoms with Crippen molar-refractivity contribution in [3.63, 3.8) is 0 Å². The lowest BCUT2D eigenvalue weighted by molar-refractivity contribution is 0.0616. The minimum Gasteiger partial charge on any atom is -0.337 e. The fourth-order valence-corrected chi connectivity index (χ4v) is 4.92. The quantitative estimate of drug-likeness (QED) is 0.396. The van der Waals surface area contributed by atoms with E-state index in [1.165, 1.54) is 11.8 Å². The van der Waals surface area contributed by atoms with Crippen LogP contribution in [0.5, 0.6) is 0 Å². The molecule has 2 atom stereocenters. The van der Waals surface area contributed by atoms with Crippen molar-refractivity contribution in [2.45, 2.75) is 31.2 Å². The highest BCUT2D eigenvalue weighted by molar-refractivity contribution is 9.10. The molecule has 0 bridgehead atoms. The van der Waals surface area contributed by atoms with Gasteiger partial charge >= 0.3 is 0 Å². The number of rotatable bonds is 5. The molecule has 2 unspecified atom stereocenters. The number of carbonyl (C=O) groups is 1. The Labute approximate surface area is 188 Å². The van der Waals surface area contributed by atoms with Crippen LogP contribution in [0.15, 0.2) is 52.4 Å². The summed E-state index contributed by atoms with van der Waals surface area (Å²) in [6.45, 7) is 5.89. The average molecular weight is 487 g/mol. The molecule has 9 heteroatoms. The first-order valence-corrected chi connectivity index (χ1v) is 11.7. The van der Waals surface area contributed by atoms with Gasteiger partial charge in [-0.1, -0.05) is 46.8 Å². The Hall–Kier alpha value is -2.26. The average Bonchev–Trinajstić information content (AvgIpc) is 3.16. The van der Waals surface area contributed by atoms with Crippen LogP contribution in [0.3, 0.4) is 0 Å². The maximum Gasteiger partial charge on any atom is 0.276 e. The first-order chi connectivity index (χ1) is 14.5. The Morgan fingerprint density at radius 1 is 1.13 bits per heavy atom. The van der Waals surface area contributed by atoms with Crippen molar-refractivity contribution in [1.29, 1.82) is 0 Å². The van der Waals surface area contributed by atoms with Crippen LogP contribution in [-0.2, 0) is 5.75 Å². The first kappa shape index (κ1) is 21.0. The second-order valence-corrected chi connectivity index (χ2v) is 9.61. The number of benzene rings is 1. The lowest BCUT2D eigenvalue weighted by atomic mass is 9.91. The maximum absolute atomic E-state index is 13.4. The van der Waals surface area contributed by atoms with E-state index >= 15 is 0 Å². The van der Waals surface area contributed by atoms with Gasteiger partial charge < -0.3 is 4.90 Å². The summed E-state index contributed by atoms with van der Waals surface area (Å²) in [5.41, 5.74) is 2.02. The minimum atomic E-state index is -0.0543. The summed E-state index contributed by atoms with van der Waals surface area (Å²) in [6.07, 6.45) is 4.56. The van der Waals surface area contributed by atoms with E-state index in [4.69, 9.17) is 0 Å². The van der Waals surface area contributed by atoms with Gasteiger partial charge in [-0.25, -0.2) is 14.6 Å². The Bertz CT molecular complexity index is 1000. The normalized spacial score (nSPS) is 19.1. The fraction of sp³-hybridized carbons (Fsp3) is 0.381. The number of hydrogen-bond acceptors (Lipinski definition) is 6. The number of hydrogen-bond donors (Lipinski definition) is 0. The second kappa shape index (κ2) is 9.26. The zero-order valence-corrected chi connectivity index (χ0v) is 19.3. The Balaban J connectivity index is 1.67. The third-order valence-electron chi connectivity index (χ3n) is 5.07. The molecule has 1 aliphatic rings. The predicted molar refractivity (Wildman–Crippen MR) is 120 cm³/mol. The van der Waals surface area contributed by atoms with Crippen LogP contribution >= 0.6 is 27.7 Å². The van der Waals surface area contributed by atoms with Crippen molar-refractivity contribution in [2.75, 3.05) is 13.1 Å². The molecule has 0 saturated carbocycles. The molecule has 1 amide bonds. The molecule has 1 aliphatic heterocycles. The van der Waals surface area contributed by atoms with Crippen molar-refractivity contribution in [1.82, 2.24) is 29.9 Å². The van der Waals surface area contributed by atoms with Crippen LogP contribution in [0.2, 0.25) is 0 Å². The first-order valence-electron chi connectivity index (χ1n) is 9.91. The summed E-state index contributed by atoms with van der Waals surface area (Å²) in [5.74, 6) is 1.40. The van der Waals surface area contributed by atoms with Gasteiger partial charge in [0.05, 0.1) is 11.4 Å². The van der Waals surface area contributed by atoms with Gasteiger partial charge in [0.1, 0.15) is 0 Å². The molecule has 3 aromatic rings. The maximum atomic E-state index is 13.4. The number of piperidine rings is 1. The van der Waals surface area contributed by atoms with Gasteiger partial charge in [-0.05, 0) is 48.6 Å². The van der Waals surface area contributed by atoms with E-state index < -0.39 is 0 Å². The van der Waals surface area contributed by atoms with Crippen LogP contribution < -0.4 is 0 Å². The molecule has 30 heavy (non-hydrogen) atoms. The minimum absolute atomic E-state index is 0.0543. The molecule has 3 heterocycles. The number of thioether (sulfide) groups is 1. The highest BCUT2D eigenvalue weighted by atomic mass is 79.9. The molecule has 0 aliphatic carbocycles. The molecule has 156 valence electrons. The molecule has 4 rings (SSSR count). The molecule has 0 spiro atoms. The van der Waals surface area contributed by atoms with Crippen molar-refractivity contribution < 1.29 is 4.79 Å². The van der Waals surface area contributed by atoms with E-state index in [1.54, 1.807) is 23.1 Å². The van der Waals surface area contributed by atoms with Gasteiger partial charge in [-0.3, -0.25) is 4.79 Å². The van der Waals surface area contributed by atoms with Crippen LogP contribution in [0.25, 0.3) is 5.69 Å². The lowest BCUT2D eigenvalue weighted by Crippen LogP contribution is -2.43. The van der Waals surface area contributed by atoms with E-state index in [-0.39, 0.29) is 5.91 Å². The summed E-state index contributed by atoms with van der Waals surface area (Å²) in [6, 6.07) is 9.58.